The second-order valence-electron chi connectivity index (χ2n) is 4.87. The van der Waals surface area contributed by atoms with Crippen LogP contribution in [0, 0.1) is 0 Å². The van der Waals surface area contributed by atoms with Gasteiger partial charge in [-0.05, 0) is 71.0 Å². The van der Waals surface area contributed by atoms with Crippen molar-refractivity contribution < 1.29 is 5.11 Å². The van der Waals surface area contributed by atoms with E-state index in [1.807, 2.05) is 24.3 Å². The smallest absolute Gasteiger partial charge is 0.0687 e. The summed E-state index contributed by atoms with van der Waals surface area (Å²) in [5, 5.41) is 9.71. The fraction of sp³-hybridized carbons (Fsp3) is 0.176. The highest BCUT2D eigenvalue weighted by molar-refractivity contribution is 5.92. The zero-order valence-electron chi connectivity index (χ0n) is 11.4. The lowest BCUT2D eigenvalue weighted by molar-refractivity contribution is 0.334. The Morgan fingerprint density at radius 3 is 1.90 bits per heavy atom. The van der Waals surface area contributed by atoms with Gasteiger partial charge < -0.3 is 5.11 Å². The molecular weight excluding hydrogens is 248 g/mol. The van der Waals surface area contributed by atoms with Crippen molar-refractivity contribution in [2.45, 2.75) is 13.3 Å². The van der Waals surface area contributed by atoms with Gasteiger partial charge in [0.25, 0.3) is 0 Å². The Hall–Kier alpha value is -2.26. The molecule has 0 aromatic carbocycles. The van der Waals surface area contributed by atoms with Crippen molar-refractivity contribution in [2.75, 3.05) is 6.61 Å². The highest BCUT2D eigenvalue weighted by Crippen LogP contribution is 2.42. The van der Waals surface area contributed by atoms with Gasteiger partial charge in [-0.15, -0.1) is 0 Å². The average molecular weight is 264 g/mol. The van der Waals surface area contributed by atoms with Gasteiger partial charge in [-0.2, -0.15) is 0 Å². The molecule has 3 rings (SSSR count). The predicted octanol–water partition coefficient (Wildman–Crippen LogP) is 3.10. The van der Waals surface area contributed by atoms with Gasteiger partial charge in [0.05, 0.1) is 6.61 Å². The molecule has 2 heterocycles. The summed E-state index contributed by atoms with van der Waals surface area (Å²) in [6, 6.07) is 8.02. The Kier molecular flexibility index (Phi) is 3.44. The molecule has 3 heteroatoms. The normalized spacial score (nSPS) is 15.1. The molecule has 20 heavy (non-hydrogen) atoms. The molecule has 0 unspecified atom stereocenters. The molecule has 0 saturated heterocycles. The van der Waals surface area contributed by atoms with Crippen molar-refractivity contribution in [1.29, 1.82) is 0 Å². The summed E-state index contributed by atoms with van der Waals surface area (Å²) in [7, 11) is 0. The summed E-state index contributed by atoms with van der Waals surface area (Å²) >= 11 is 0. The number of aliphatic hydroxyl groups excluding tert-OH is 1. The zero-order chi connectivity index (χ0) is 13.9. The molecule has 0 spiro atoms. The number of pyridine rings is 2. The standard InChI is InChI=1S/C17H16N2O/c1-12-15(13-2-6-18-7-3-13)10-16(17(12)11-20)14-4-8-19-9-5-14/h2-9,20H,10-11H2,1H3. The number of aromatic nitrogens is 2. The number of hydrogen-bond acceptors (Lipinski definition) is 3. The van der Waals surface area contributed by atoms with Crippen LogP contribution in [0.2, 0.25) is 0 Å². The molecule has 0 amide bonds. The average Bonchev–Trinajstić information content (AvgIpc) is 2.86. The summed E-state index contributed by atoms with van der Waals surface area (Å²) in [4.78, 5) is 8.12. The maximum atomic E-state index is 9.71. The van der Waals surface area contributed by atoms with Gasteiger partial charge in [-0.3, -0.25) is 9.97 Å². The molecule has 1 aliphatic carbocycles. The summed E-state index contributed by atoms with van der Waals surface area (Å²) in [6.45, 7) is 2.15. The number of aliphatic hydroxyl groups is 1. The molecule has 100 valence electrons. The summed E-state index contributed by atoms with van der Waals surface area (Å²) in [5.74, 6) is 0. The number of allylic oxidation sites excluding steroid dienone is 2. The van der Waals surface area contributed by atoms with Crippen LogP contribution in [0.15, 0.2) is 60.2 Å². The molecule has 0 atom stereocenters. The molecule has 0 radical (unpaired) electrons. The quantitative estimate of drug-likeness (QED) is 0.926. The Bertz CT molecular complexity index is 673. The van der Waals surface area contributed by atoms with Gasteiger partial charge in [0, 0.05) is 24.8 Å². The Morgan fingerprint density at radius 1 is 0.900 bits per heavy atom. The minimum absolute atomic E-state index is 0.0675. The van der Waals surface area contributed by atoms with Crippen LogP contribution in [-0.4, -0.2) is 21.7 Å². The van der Waals surface area contributed by atoms with Crippen molar-refractivity contribution in [3.05, 3.63) is 71.3 Å². The van der Waals surface area contributed by atoms with E-state index >= 15 is 0 Å². The van der Waals surface area contributed by atoms with Crippen LogP contribution in [0.4, 0.5) is 0 Å². The second-order valence-corrected chi connectivity index (χ2v) is 4.87. The van der Waals surface area contributed by atoms with Crippen molar-refractivity contribution in [2.24, 2.45) is 0 Å². The van der Waals surface area contributed by atoms with E-state index in [0.717, 1.165) is 17.6 Å². The van der Waals surface area contributed by atoms with E-state index in [-0.39, 0.29) is 6.61 Å². The highest BCUT2D eigenvalue weighted by atomic mass is 16.3. The molecule has 0 saturated carbocycles. The SMILES string of the molecule is CC1=C(c2ccncc2)CC(c2ccncc2)=C1CO. The fourth-order valence-corrected chi connectivity index (χ4v) is 2.74. The van der Waals surface area contributed by atoms with E-state index in [9.17, 15) is 5.11 Å². The maximum Gasteiger partial charge on any atom is 0.0687 e. The van der Waals surface area contributed by atoms with E-state index in [4.69, 9.17) is 0 Å². The van der Waals surface area contributed by atoms with Crippen molar-refractivity contribution in [1.82, 2.24) is 9.97 Å². The zero-order valence-corrected chi connectivity index (χ0v) is 11.4. The van der Waals surface area contributed by atoms with Crippen molar-refractivity contribution >= 4 is 11.1 Å². The van der Waals surface area contributed by atoms with Gasteiger partial charge in [0.15, 0.2) is 0 Å². The van der Waals surface area contributed by atoms with Crippen LogP contribution in [0.5, 0.6) is 0 Å². The highest BCUT2D eigenvalue weighted by Gasteiger charge is 2.22. The van der Waals surface area contributed by atoms with Crippen molar-refractivity contribution in [3.8, 4) is 0 Å². The molecule has 0 fully saturated rings. The van der Waals surface area contributed by atoms with Gasteiger partial charge in [-0.25, -0.2) is 0 Å². The lowest BCUT2D eigenvalue weighted by atomic mass is 9.99. The van der Waals surface area contributed by atoms with Gasteiger partial charge in [-0.1, -0.05) is 0 Å². The van der Waals surface area contributed by atoms with E-state index in [1.54, 1.807) is 24.8 Å². The molecular formula is C17H16N2O. The lowest BCUT2D eigenvalue weighted by Crippen LogP contribution is -1.93. The van der Waals surface area contributed by atoms with Crippen molar-refractivity contribution in [3.63, 3.8) is 0 Å². The molecule has 0 bridgehead atoms. The Morgan fingerprint density at radius 2 is 1.40 bits per heavy atom. The van der Waals surface area contributed by atoms with E-state index in [0.29, 0.717) is 0 Å². The third kappa shape index (κ3) is 2.17. The Balaban J connectivity index is 2.03. The third-order valence-electron chi connectivity index (χ3n) is 3.84. The molecule has 3 nitrogen and oxygen atoms in total. The minimum Gasteiger partial charge on any atom is -0.392 e. The van der Waals surface area contributed by atoms with E-state index in [1.165, 1.54) is 22.3 Å². The van der Waals surface area contributed by atoms with Gasteiger partial charge in [0.1, 0.15) is 0 Å². The van der Waals surface area contributed by atoms with Crippen LogP contribution in [0.3, 0.4) is 0 Å². The molecule has 1 N–H and O–H groups in total. The first-order valence-electron chi connectivity index (χ1n) is 6.65. The monoisotopic (exact) mass is 264 g/mol. The summed E-state index contributed by atoms with van der Waals surface area (Å²) in [5.41, 5.74) is 6.97. The second kappa shape index (κ2) is 5.39. The summed E-state index contributed by atoms with van der Waals surface area (Å²) in [6.07, 6.45) is 8.03. The van der Waals surface area contributed by atoms with E-state index in [2.05, 4.69) is 16.9 Å². The maximum absolute atomic E-state index is 9.71. The van der Waals surface area contributed by atoms with Crippen LogP contribution in [0.1, 0.15) is 24.5 Å². The van der Waals surface area contributed by atoms with Crippen LogP contribution < -0.4 is 0 Å². The first-order chi connectivity index (χ1) is 9.81. The summed E-state index contributed by atoms with van der Waals surface area (Å²) < 4.78 is 0. The number of nitrogens with zero attached hydrogens (tertiary/aromatic N) is 2. The van der Waals surface area contributed by atoms with Gasteiger partial charge in [0.2, 0.25) is 0 Å². The Labute approximate surface area is 118 Å². The van der Waals surface area contributed by atoms with Gasteiger partial charge >= 0.3 is 0 Å². The largest absolute Gasteiger partial charge is 0.392 e. The first kappa shape index (κ1) is 12.8. The van der Waals surface area contributed by atoms with Crippen LogP contribution in [0.25, 0.3) is 11.1 Å². The molecule has 1 aliphatic rings. The van der Waals surface area contributed by atoms with Crippen LogP contribution in [-0.2, 0) is 0 Å². The molecule has 2 aromatic rings. The third-order valence-corrected chi connectivity index (χ3v) is 3.84. The molecule has 2 aromatic heterocycles. The van der Waals surface area contributed by atoms with Crippen LogP contribution >= 0.6 is 0 Å². The fourth-order valence-electron chi connectivity index (χ4n) is 2.74. The predicted molar refractivity (Wildman–Crippen MR) is 79.7 cm³/mol. The number of hydrogen-bond donors (Lipinski definition) is 1. The minimum atomic E-state index is 0.0675. The lowest BCUT2D eigenvalue weighted by Gasteiger charge is -2.06. The topological polar surface area (TPSA) is 46.0 Å². The number of rotatable bonds is 3. The molecule has 0 aliphatic heterocycles. The first-order valence-corrected chi connectivity index (χ1v) is 6.65. The van der Waals surface area contributed by atoms with E-state index < -0.39 is 0 Å².